The fourth-order valence-corrected chi connectivity index (χ4v) is 3.09. The number of nitrogens with one attached hydrogen (secondary N) is 2. The Kier molecular flexibility index (Phi) is 3.61. The average molecular weight is 254 g/mol. The van der Waals surface area contributed by atoms with Crippen molar-refractivity contribution < 1.29 is 14.7 Å². The predicted octanol–water partition coefficient (Wildman–Crippen LogP) is 0.601. The Labute approximate surface area is 107 Å². The molecule has 1 aliphatic carbocycles. The zero-order valence-electron chi connectivity index (χ0n) is 11.0. The molecule has 1 aliphatic heterocycles. The molecule has 2 rings (SSSR count). The first-order chi connectivity index (χ1) is 8.45. The first-order valence-electron chi connectivity index (χ1n) is 6.69. The van der Waals surface area contributed by atoms with Gasteiger partial charge in [0.05, 0.1) is 11.3 Å². The summed E-state index contributed by atoms with van der Waals surface area (Å²) >= 11 is 0. The standard InChI is InChI=1S/C13H22N2O3/c1-8-6-14-7-9(8)11(16)15-10-4-3-5-13(10,2)12(17)18/h8-10,14H,3-7H2,1-2H3,(H,15,16)(H,17,18)/t8-,9-,10?,13?/m1/s1. The van der Waals surface area contributed by atoms with Crippen molar-refractivity contribution in [3.8, 4) is 0 Å². The van der Waals surface area contributed by atoms with E-state index in [1.54, 1.807) is 6.92 Å². The van der Waals surface area contributed by atoms with Crippen molar-refractivity contribution in [1.82, 2.24) is 10.6 Å². The lowest BCUT2D eigenvalue weighted by atomic mass is 9.84. The molecule has 2 aliphatic rings. The Morgan fingerprint density at radius 2 is 2.11 bits per heavy atom. The van der Waals surface area contributed by atoms with E-state index >= 15 is 0 Å². The van der Waals surface area contributed by atoms with Crippen LogP contribution in [0.5, 0.6) is 0 Å². The zero-order valence-corrected chi connectivity index (χ0v) is 11.0. The summed E-state index contributed by atoms with van der Waals surface area (Å²) in [7, 11) is 0. The Morgan fingerprint density at radius 1 is 1.39 bits per heavy atom. The van der Waals surface area contributed by atoms with Crippen molar-refractivity contribution in [2.24, 2.45) is 17.3 Å². The Bertz CT molecular complexity index is 358. The van der Waals surface area contributed by atoms with Crippen molar-refractivity contribution in [2.45, 2.75) is 39.2 Å². The smallest absolute Gasteiger partial charge is 0.311 e. The first kappa shape index (κ1) is 13.3. The van der Waals surface area contributed by atoms with E-state index < -0.39 is 11.4 Å². The Morgan fingerprint density at radius 3 is 2.67 bits per heavy atom. The van der Waals surface area contributed by atoms with Crippen LogP contribution in [0.3, 0.4) is 0 Å². The van der Waals surface area contributed by atoms with Gasteiger partial charge < -0.3 is 15.7 Å². The summed E-state index contributed by atoms with van der Waals surface area (Å²) in [5.41, 5.74) is -0.801. The number of carboxylic acid groups (broad SMARTS) is 1. The van der Waals surface area contributed by atoms with Crippen LogP contribution in [0, 0.1) is 17.3 Å². The summed E-state index contributed by atoms with van der Waals surface area (Å²) < 4.78 is 0. The van der Waals surface area contributed by atoms with Crippen molar-refractivity contribution in [2.75, 3.05) is 13.1 Å². The second-order valence-electron chi connectivity index (χ2n) is 5.92. The number of aliphatic carboxylic acids is 1. The molecular formula is C13H22N2O3. The number of carbonyl (C=O) groups is 2. The lowest BCUT2D eigenvalue weighted by molar-refractivity contribution is -0.149. The minimum atomic E-state index is -0.803. The summed E-state index contributed by atoms with van der Waals surface area (Å²) in [4.78, 5) is 23.5. The molecule has 3 N–H and O–H groups in total. The van der Waals surface area contributed by atoms with E-state index in [4.69, 9.17) is 0 Å². The molecule has 5 heteroatoms. The lowest BCUT2D eigenvalue weighted by Gasteiger charge is -2.29. The van der Waals surface area contributed by atoms with Crippen LogP contribution >= 0.6 is 0 Å². The van der Waals surface area contributed by atoms with E-state index in [-0.39, 0.29) is 17.9 Å². The highest BCUT2D eigenvalue weighted by molar-refractivity contribution is 5.82. The fourth-order valence-electron chi connectivity index (χ4n) is 3.09. The molecule has 0 radical (unpaired) electrons. The van der Waals surface area contributed by atoms with Crippen LogP contribution in [0.1, 0.15) is 33.1 Å². The SMILES string of the molecule is C[C@@H]1CNC[C@H]1C(=O)NC1CCCC1(C)C(=O)O. The van der Waals surface area contributed by atoms with Crippen LogP contribution in [0.2, 0.25) is 0 Å². The molecule has 0 aromatic carbocycles. The Hall–Kier alpha value is -1.10. The normalized spacial score (nSPS) is 39.8. The highest BCUT2D eigenvalue weighted by Crippen LogP contribution is 2.38. The van der Waals surface area contributed by atoms with E-state index in [9.17, 15) is 14.7 Å². The van der Waals surface area contributed by atoms with Crippen molar-refractivity contribution in [3.05, 3.63) is 0 Å². The molecular weight excluding hydrogens is 232 g/mol. The molecule has 102 valence electrons. The molecule has 0 aromatic heterocycles. The van der Waals surface area contributed by atoms with Gasteiger partial charge in [0.2, 0.25) is 5.91 Å². The second kappa shape index (κ2) is 4.88. The highest BCUT2D eigenvalue weighted by atomic mass is 16.4. The van der Waals surface area contributed by atoms with E-state index in [0.29, 0.717) is 18.9 Å². The van der Waals surface area contributed by atoms with Crippen molar-refractivity contribution in [3.63, 3.8) is 0 Å². The summed E-state index contributed by atoms with van der Waals surface area (Å²) in [6, 6.07) is -0.227. The molecule has 1 saturated carbocycles. The van der Waals surface area contributed by atoms with E-state index in [0.717, 1.165) is 19.4 Å². The zero-order chi connectivity index (χ0) is 13.3. The third kappa shape index (κ3) is 2.23. The Balaban J connectivity index is 2.00. The van der Waals surface area contributed by atoms with Gasteiger partial charge in [-0.15, -0.1) is 0 Å². The van der Waals surface area contributed by atoms with Gasteiger partial charge in [-0.3, -0.25) is 9.59 Å². The van der Waals surface area contributed by atoms with Gasteiger partial charge in [-0.25, -0.2) is 0 Å². The highest BCUT2D eigenvalue weighted by Gasteiger charge is 2.46. The quantitative estimate of drug-likeness (QED) is 0.689. The third-order valence-electron chi connectivity index (χ3n) is 4.62. The minimum absolute atomic E-state index is 0.00637. The van der Waals surface area contributed by atoms with Crippen LogP contribution in [-0.4, -0.2) is 36.1 Å². The second-order valence-corrected chi connectivity index (χ2v) is 5.92. The maximum atomic E-state index is 12.2. The van der Waals surface area contributed by atoms with E-state index in [1.807, 2.05) is 0 Å². The molecule has 18 heavy (non-hydrogen) atoms. The fraction of sp³-hybridized carbons (Fsp3) is 0.846. The number of amides is 1. The monoisotopic (exact) mass is 254 g/mol. The minimum Gasteiger partial charge on any atom is -0.481 e. The number of hydrogen-bond donors (Lipinski definition) is 3. The van der Waals surface area contributed by atoms with Gasteiger partial charge >= 0.3 is 5.97 Å². The van der Waals surface area contributed by atoms with Gasteiger partial charge in [0.1, 0.15) is 0 Å². The van der Waals surface area contributed by atoms with Gasteiger partial charge in [0.25, 0.3) is 0 Å². The van der Waals surface area contributed by atoms with Crippen LogP contribution in [0.25, 0.3) is 0 Å². The largest absolute Gasteiger partial charge is 0.481 e. The van der Waals surface area contributed by atoms with E-state index in [2.05, 4.69) is 17.6 Å². The predicted molar refractivity (Wildman–Crippen MR) is 67.0 cm³/mol. The molecule has 2 unspecified atom stereocenters. The number of carboxylic acids is 1. The van der Waals surface area contributed by atoms with Gasteiger partial charge in [-0.2, -0.15) is 0 Å². The molecule has 5 nitrogen and oxygen atoms in total. The van der Waals surface area contributed by atoms with Crippen LogP contribution in [-0.2, 0) is 9.59 Å². The topological polar surface area (TPSA) is 78.4 Å². The molecule has 0 spiro atoms. The summed E-state index contributed by atoms with van der Waals surface area (Å²) in [5.74, 6) is -0.499. The summed E-state index contributed by atoms with van der Waals surface area (Å²) in [6.07, 6.45) is 2.28. The van der Waals surface area contributed by atoms with E-state index in [1.165, 1.54) is 0 Å². The molecule has 4 atom stereocenters. The van der Waals surface area contributed by atoms with Crippen molar-refractivity contribution >= 4 is 11.9 Å². The number of carbonyl (C=O) groups excluding carboxylic acids is 1. The van der Waals surface area contributed by atoms with Gasteiger partial charge in [0, 0.05) is 12.6 Å². The van der Waals surface area contributed by atoms with Gasteiger partial charge in [0.15, 0.2) is 0 Å². The third-order valence-corrected chi connectivity index (χ3v) is 4.62. The number of rotatable bonds is 3. The summed E-state index contributed by atoms with van der Waals surface area (Å²) in [5, 5.41) is 15.5. The molecule has 0 aromatic rings. The lowest BCUT2D eigenvalue weighted by Crippen LogP contribution is -2.49. The van der Waals surface area contributed by atoms with Gasteiger partial charge in [-0.05, 0) is 32.2 Å². The maximum Gasteiger partial charge on any atom is 0.311 e. The van der Waals surface area contributed by atoms with Crippen LogP contribution < -0.4 is 10.6 Å². The number of hydrogen-bond acceptors (Lipinski definition) is 3. The van der Waals surface area contributed by atoms with Crippen molar-refractivity contribution in [1.29, 1.82) is 0 Å². The van der Waals surface area contributed by atoms with Crippen LogP contribution in [0.4, 0.5) is 0 Å². The average Bonchev–Trinajstić information content (AvgIpc) is 2.87. The molecule has 1 heterocycles. The maximum absolute atomic E-state index is 12.2. The molecule has 2 fully saturated rings. The van der Waals surface area contributed by atoms with Crippen LogP contribution in [0.15, 0.2) is 0 Å². The molecule has 1 saturated heterocycles. The summed E-state index contributed by atoms with van der Waals surface area (Å²) in [6.45, 7) is 5.35. The molecule has 1 amide bonds. The van der Waals surface area contributed by atoms with Gasteiger partial charge in [-0.1, -0.05) is 13.3 Å². The molecule has 0 bridgehead atoms. The first-order valence-corrected chi connectivity index (χ1v) is 6.69.